The number of hydrogen-bond acceptors (Lipinski definition) is 7. The van der Waals surface area contributed by atoms with Crippen LogP contribution in [0.15, 0.2) is 33.9 Å². The number of para-hydroxylation sites is 2. The molecule has 126 valence electrons. The number of rotatable bonds is 5. The van der Waals surface area contributed by atoms with E-state index in [2.05, 4.69) is 0 Å². The van der Waals surface area contributed by atoms with Crippen LogP contribution < -0.4 is 21.7 Å². The van der Waals surface area contributed by atoms with Crippen molar-refractivity contribution in [2.75, 3.05) is 12.3 Å². The Labute approximate surface area is 134 Å². The van der Waals surface area contributed by atoms with Crippen LogP contribution >= 0.6 is 0 Å². The van der Waals surface area contributed by atoms with Gasteiger partial charge in [0.15, 0.2) is 12.4 Å². The highest BCUT2D eigenvalue weighted by molar-refractivity contribution is 6.00. The van der Waals surface area contributed by atoms with E-state index in [9.17, 15) is 24.5 Å². The Morgan fingerprint density at radius 2 is 1.88 bits per heavy atom. The Bertz CT molecular complexity index is 943. The van der Waals surface area contributed by atoms with Crippen molar-refractivity contribution in [3.63, 3.8) is 0 Å². The van der Waals surface area contributed by atoms with Gasteiger partial charge in [-0.3, -0.25) is 28.8 Å². The molecular weight excluding hydrogens is 320 g/mol. The minimum Gasteiger partial charge on any atom is -0.478 e. The van der Waals surface area contributed by atoms with Crippen molar-refractivity contribution in [1.82, 2.24) is 9.13 Å². The van der Waals surface area contributed by atoms with E-state index in [0.29, 0.717) is 0 Å². The number of ketones is 1. The second kappa shape index (κ2) is 6.36. The molecule has 10 nitrogen and oxygen atoms in total. The normalized spacial score (nSPS) is 10.4. The average Bonchev–Trinajstić information content (AvgIpc) is 2.56. The van der Waals surface area contributed by atoms with Gasteiger partial charge in [0.05, 0.1) is 4.92 Å². The van der Waals surface area contributed by atoms with Crippen LogP contribution in [0.1, 0.15) is 10.4 Å². The Kier molecular flexibility index (Phi) is 4.49. The zero-order chi connectivity index (χ0) is 18.0. The molecule has 0 aliphatic carbocycles. The molecule has 1 aromatic carbocycles. The van der Waals surface area contributed by atoms with Crippen molar-refractivity contribution in [1.29, 1.82) is 0 Å². The molecule has 0 spiro atoms. The van der Waals surface area contributed by atoms with Gasteiger partial charge in [-0.15, -0.1) is 0 Å². The predicted molar refractivity (Wildman–Crippen MR) is 84.3 cm³/mol. The molecule has 2 rings (SSSR count). The van der Waals surface area contributed by atoms with Crippen molar-refractivity contribution >= 4 is 17.3 Å². The zero-order valence-electron chi connectivity index (χ0n) is 12.9. The molecule has 0 fully saturated rings. The Morgan fingerprint density at radius 3 is 2.50 bits per heavy atom. The lowest BCUT2D eigenvalue weighted by molar-refractivity contribution is -0.385. The van der Waals surface area contributed by atoms with E-state index in [-0.39, 0.29) is 17.3 Å². The molecule has 10 heteroatoms. The monoisotopic (exact) mass is 334 g/mol. The highest BCUT2D eigenvalue weighted by Gasteiger charge is 2.22. The van der Waals surface area contributed by atoms with Crippen molar-refractivity contribution < 1.29 is 14.5 Å². The fraction of sp³-hybridized carbons (Fsp3) is 0.214. The third-order valence-electron chi connectivity index (χ3n) is 3.41. The van der Waals surface area contributed by atoms with Gasteiger partial charge in [-0.05, 0) is 6.07 Å². The number of nitrogen functional groups attached to an aromatic ring is 1. The summed E-state index contributed by atoms with van der Waals surface area (Å²) in [6, 6.07) is 5.51. The molecule has 2 N–H and O–H groups in total. The number of ether oxygens (including phenoxy) is 1. The summed E-state index contributed by atoms with van der Waals surface area (Å²) in [7, 11) is 2.53. The van der Waals surface area contributed by atoms with E-state index in [0.717, 1.165) is 9.13 Å². The highest BCUT2D eigenvalue weighted by Crippen LogP contribution is 2.25. The smallest absolute Gasteiger partial charge is 0.332 e. The van der Waals surface area contributed by atoms with Crippen LogP contribution in [0.3, 0.4) is 0 Å². The van der Waals surface area contributed by atoms with Gasteiger partial charge in [0.2, 0.25) is 5.78 Å². The van der Waals surface area contributed by atoms with E-state index in [4.69, 9.17) is 10.5 Å². The summed E-state index contributed by atoms with van der Waals surface area (Å²) in [6.45, 7) is -0.636. The first-order valence-corrected chi connectivity index (χ1v) is 6.70. The van der Waals surface area contributed by atoms with Crippen LogP contribution in [0.5, 0.6) is 5.75 Å². The standard InChI is InChI=1S/C14H14N4O6/c1-16-12(15)11(13(20)17(2)14(16)21)9(19)7-24-10-6-4-3-5-8(10)18(22)23/h3-6H,7,15H2,1-2H3. The Morgan fingerprint density at radius 1 is 1.25 bits per heavy atom. The van der Waals surface area contributed by atoms with E-state index in [1.807, 2.05) is 0 Å². The van der Waals surface area contributed by atoms with Gasteiger partial charge >= 0.3 is 11.4 Å². The van der Waals surface area contributed by atoms with E-state index < -0.39 is 34.1 Å². The summed E-state index contributed by atoms with van der Waals surface area (Å²) in [4.78, 5) is 46.3. The number of carbonyl (C=O) groups is 1. The summed E-state index contributed by atoms with van der Waals surface area (Å²) < 4.78 is 6.85. The third kappa shape index (κ3) is 2.89. The molecule has 0 bridgehead atoms. The molecule has 0 saturated carbocycles. The quantitative estimate of drug-likeness (QED) is 0.455. The lowest BCUT2D eigenvalue weighted by Gasteiger charge is -2.11. The summed E-state index contributed by atoms with van der Waals surface area (Å²) in [5, 5.41) is 10.9. The van der Waals surface area contributed by atoms with Crippen LogP contribution in [-0.2, 0) is 14.1 Å². The number of Topliss-reactive ketones (excluding diaryl/α,β-unsaturated/α-hetero) is 1. The largest absolute Gasteiger partial charge is 0.478 e. The van der Waals surface area contributed by atoms with Gasteiger partial charge in [-0.1, -0.05) is 12.1 Å². The fourth-order valence-electron chi connectivity index (χ4n) is 2.07. The highest BCUT2D eigenvalue weighted by atomic mass is 16.6. The Hall–Kier alpha value is -3.43. The van der Waals surface area contributed by atoms with Crippen molar-refractivity contribution in [3.8, 4) is 5.75 Å². The molecule has 2 aromatic rings. The predicted octanol–water partition coefficient (Wildman–Crippen LogP) is -0.164. The van der Waals surface area contributed by atoms with Gasteiger partial charge in [-0.25, -0.2) is 4.79 Å². The number of nitrogens with zero attached hydrogens (tertiary/aromatic N) is 3. The average molecular weight is 334 g/mol. The Balaban J connectivity index is 2.35. The molecule has 0 aliphatic rings. The van der Waals surface area contributed by atoms with Crippen LogP contribution in [0.2, 0.25) is 0 Å². The van der Waals surface area contributed by atoms with Crippen LogP contribution in [0.4, 0.5) is 11.5 Å². The van der Waals surface area contributed by atoms with Crippen LogP contribution in [-0.4, -0.2) is 26.4 Å². The lowest BCUT2D eigenvalue weighted by Crippen LogP contribution is -2.42. The number of anilines is 1. The fourth-order valence-corrected chi connectivity index (χ4v) is 2.07. The van der Waals surface area contributed by atoms with Crippen LogP contribution in [0.25, 0.3) is 0 Å². The number of nitrogens with two attached hydrogens (primary N) is 1. The molecule has 24 heavy (non-hydrogen) atoms. The van der Waals surface area contributed by atoms with Crippen molar-refractivity contribution in [3.05, 3.63) is 60.8 Å². The molecule has 0 aliphatic heterocycles. The van der Waals surface area contributed by atoms with Crippen LogP contribution in [0, 0.1) is 10.1 Å². The third-order valence-corrected chi connectivity index (χ3v) is 3.41. The maximum Gasteiger partial charge on any atom is 0.332 e. The summed E-state index contributed by atoms with van der Waals surface area (Å²) in [6.07, 6.45) is 0. The number of nitro groups is 1. The van der Waals surface area contributed by atoms with Gasteiger partial charge < -0.3 is 10.5 Å². The zero-order valence-corrected chi connectivity index (χ0v) is 12.9. The van der Waals surface area contributed by atoms with E-state index in [1.165, 1.54) is 38.4 Å². The van der Waals surface area contributed by atoms with Gasteiger partial charge in [-0.2, -0.15) is 0 Å². The van der Waals surface area contributed by atoms with Gasteiger partial charge in [0, 0.05) is 20.2 Å². The first-order valence-electron chi connectivity index (χ1n) is 6.70. The second-order valence-corrected chi connectivity index (χ2v) is 4.90. The van der Waals surface area contributed by atoms with Crippen molar-refractivity contribution in [2.24, 2.45) is 14.1 Å². The first kappa shape index (κ1) is 16.9. The molecule has 0 radical (unpaired) electrons. The van der Waals surface area contributed by atoms with Gasteiger partial charge in [0.25, 0.3) is 5.56 Å². The lowest BCUT2D eigenvalue weighted by atomic mass is 10.2. The maximum absolute atomic E-state index is 12.3. The SMILES string of the molecule is Cn1c(N)c(C(=O)COc2ccccc2[N+](=O)[O-])c(=O)n(C)c1=O. The number of hydrogen-bond donors (Lipinski definition) is 1. The van der Waals surface area contributed by atoms with Crippen molar-refractivity contribution in [2.45, 2.75) is 0 Å². The molecule has 0 unspecified atom stereocenters. The molecule has 1 heterocycles. The number of nitro benzene ring substituents is 1. The van der Waals surface area contributed by atoms with Gasteiger partial charge in [0.1, 0.15) is 11.4 Å². The summed E-state index contributed by atoms with van der Waals surface area (Å²) >= 11 is 0. The first-order chi connectivity index (χ1) is 11.3. The van der Waals surface area contributed by atoms with E-state index in [1.54, 1.807) is 0 Å². The molecule has 1 aromatic heterocycles. The molecular formula is C14H14N4O6. The number of benzene rings is 1. The second-order valence-electron chi connectivity index (χ2n) is 4.90. The maximum atomic E-state index is 12.3. The molecule has 0 saturated heterocycles. The topological polar surface area (TPSA) is 139 Å². The molecule has 0 amide bonds. The summed E-state index contributed by atoms with van der Waals surface area (Å²) in [5.41, 5.74) is 3.42. The number of aromatic nitrogens is 2. The van der Waals surface area contributed by atoms with E-state index >= 15 is 0 Å². The minimum atomic E-state index is -0.855. The number of carbonyl (C=O) groups excluding carboxylic acids is 1. The minimum absolute atomic E-state index is 0.115. The summed E-state index contributed by atoms with van der Waals surface area (Å²) in [5.74, 6) is -1.20. The molecule has 0 atom stereocenters.